The maximum atomic E-state index is 0. The van der Waals surface area contributed by atoms with Gasteiger partial charge >= 0.3 is 0 Å². The summed E-state index contributed by atoms with van der Waals surface area (Å²) in [5, 5.41) is 0. The van der Waals surface area contributed by atoms with Gasteiger partial charge in [-0.3, -0.25) is 0 Å². The Balaban J connectivity index is 0. The van der Waals surface area contributed by atoms with Crippen LogP contribution < -0.4 is 0 Å². The average Bonchev–Trinajstić information content (AvgIpc) is 0. The summed E-state index contributed by atoms with van der Waals surface area (Å²) in [7, 11) is 0. The van der Waals surface area contributed by atoms with E-state index in [1.54, 1.807) is 0 Å². The topological polar surface area (TPSA) is 0 Å². The molecule has 0 aliphatic heterocycles. The third-order valence-electron chi connectivity index (χ3n) is 0. The van der Waals surface area contributed by atoms with Crippen molar-refractivity contribution in [3.63, 3.8) is 0 Å². The predicted octanol–water partition coefficient (Wildman–Crippen LogP) is -0.0125. The van der Waals surface area contributed by atoms with Gasteiger partial charge in [-0.15, -0.1) is 0 Å². The molecule has 0 saturated heterocycles. The Kier molecular flexibility index (Phi) is 201. The van der Waals surface area contributed by atoms with Crippen LogP contribution in [-0.2, 0) is 107 Å². The molecule has 0 fully saturated rings. The first-order valence-corrected chi connectivity index (χ1v) is 0. The van der Waals surface area contributed by atoms with Crippen LogP contribution in [0.4, 0.5) is 0 Å². The van der Waals surface area contributed by atoms with Gasteiger partial charge in [-0.25, -0.2) is 0 Å². The summed E-state index contributed by atoms with van der Waals surface area (Å²) in [6, 6.07) is 0. The Morgan fingerprint density at radius 2 is 0.400 bits per heavy atom. The van der Waals surface area contributed by atoms with Crippen molar-refractivity contribution in [2.75, 3.05) is 0 Å². The molecule has 0 N–H and O–H groups in total. The molecule has 0 rings (SSSR count). The Morgan fingerprint density at radius 3 is 0.400 bits per heavy atom. The fourth-order valence-corrected chi connectivity index (χ4v) is 0. The molecule has 5 radical (unpaired) electrons. The Bertz CT molecular complexity index is 4.85. The molecule has 0 bridgehead atoms. The average molecular weight is 927 g/mol. The number of rotatable bonds is 0. The zero-order valence-electron chi connectivity index (χ0n) is 2.01. The molecule has 0 spiro atoms. The van der Waals surface area contributed by atoms with Crippen molar-refractivity contribution < 1.29 is 107 Å². The summed E-state index contributed by atoms with van der Waals surface area (Å²) in [5.74, 6) is 0. The van der Waals surface area contributed by atoms with E-state index in [1.807, 2.05) is 0 Å². The van der Waals surface area contributed by atoms with Gasteiger partial charge in [0.05, 0.1) is 0 Å². The van der Waals surface area contributed by atoms with Crippen molar-refractivity contribution in [3.8, 4) is 0 Å². The standard InChI is InChI=1S/2Ir.3Ta. The largest absolute Gasteiger partial charge is 0 e. The molecule has 0 aromatic rings. The van der Waals surface area contributed by atoms with E-state index in [9.17, 15) is 0 Å². The van der Waals surface area contributed by atoms with Gasteiger partial charge in [0.15, 0.2) is 0 Å². The van der Waals surface area contributed by atoms with Crippen LogP contribution in [0.2, 0.25) is 0 Å². The number of hydrogen-bond donors (Lipinski definition) is 0. The summed E-state index contributed by atoms with van der Waals surface area (Å²) in [6.45, 7) is 0. The van der Waals surface area contributed by atoms with Crippen molar-refractivity contribution in [3.05, 3.63) is 0 Å². The predicted molar refractivity (Wildman–Crippen MR) is 0 cm³/mol. The number of hydrogen-bond acceptors (Lipinski definition) is 0. The van der Waals surface area contributed by atoms with Gasteiger partial charge in [-0.05, 0) is 0 Å². The van der Waals surface area contributed by atoms with Crippen LogP contribution in [-0.4, -0.2) is 0 Å². The minimum atomic E-state index is 0. The summed E-state index contributed by atoms with van der Waals surface area (Å²) in [5.41, 5.74) is 0. The van der Waals surface area contributed by atoms with Crippen molar-refractivity contribution >= 4 is 0 Å². The van der Waals surface area contributed by atoms with E-state index in [-0.39, 0.29) is 107 Å². The third kappa shape index (κ3) is 18.5. The van der Waals surface area contributed by atoms with Crippen LogP contribution in [0, 0.1) is 0 Å². The second-order valence-electron chi connectivity index (χ2n) is 0. The van der Waals surface area contributed by atoms with Crippen molar-refractivity contribution in [1.82, 2.24) is 0 Å². The van der Waals surface area contributed by atoms with Crippen molar-refractivity contribution in [2.45, 2.75) is 0 Å². The fraction of sp³-hybridized carbons (Fsp3) is 0. The molecule has 5 heavy (non-hydrogen) atoms. The maximum Gasteiger partial charge on any atom is 0 e. The van der Waals surface area contributed by atoms with Gasteiger partial charge in [0.25, 0.3) is 0 Å². The minimum Gasteiger partial charge on any atom is 0 e. The van der Waals surface area contributed by atoms with Crippen LogP contribution in [0.15, 0.2) is 0 Å². The monoisotopic (exact) mass is 929 g/mol. The van der Waals surface area contributed by atoms with Gasteiger partial charge in [-0.2, -0.15) is 0 Å². The van der Waals surface area contributed by atoms with Crippen LogP contribution >= 0.6 is 0 Å². The van der Waals surface area contributed by atoms with E-state index in [2.05, 4.69) is 0 Å². The summed E-state index contributed by atoms with van der Waals surface area (Å²) < 4.78 is 0. The SMILES string of the molecule is [Ir].[Ir].[Ta].[Ta].[Ta]. The van der Waals surface area contributed by atoms with Gasteiger partial charge in [-0.1, -0.05) is 0 Å². The molecule has 0 heterocycles. The molecule has 0 aromatic carbocycles. The molecule has 0 aliphatic rings. The molecular weight excluding hydrogens is 927 g/mol. The van der Waals surface area contributed by atoms with Gasteiger partial charge in [0.2, 0.25) is 0 Å². The van der Waals surface area contributed by atoms with Gasteiger partial charge in [0.1, 0.15) is 0 Å². The summed E-state index contributed by atoms with van der Waals surface area (Å²) in [6.07, 6.45) is 0. The van der Waals surface area contributed by atoms with Crippen molar-refractivity contribution in [1.29, 1.82) is 0 Å². The van der Waals surface area contributed by atoms with Crippen LogP contribution in [0.25, 0.3) is 0 Å². The Hall–Kier alpha value is 3.52. The van der Waals surface area contributed by atoms with E-state index in [4.69, 9.17) is 0 Å². The molecule has 0 amide bonds. The molecule has 33 valence electrons. The minimum absolute atomic E-state index is 0. The van der Waals surface area contributed by atoms with Crippen LogP contribution in [0.3, 0.4) is 0 Å². The second-order valence-corrected chi connectivity index (χ2v) is 0. The maximum absolute atomic E-state index is 0. The first kappa shape index (κ1) is 38.9. The molecule has 5 heteroatoms. The van der Waals surface area contributed by atoms with Crippen LogP contribution in [0.1, 0.15) is 0 Å². The molecule has 0 atom stereocenters. The normalized spacial score (nSPS) is 0. The molecule has 0 aliphatic carbocycles. The van der Waals surface area contributed by atoms with E-state index >= 15 is 0 Å². The molecule has 0 saturated carbocycles. The fourth-order valence-electron chi connectivity index (χ4n) is 0. The van der Waals surface area contributed by atoms with Crippen LogP contribution in [0.5, 0.6) is 0 Å². The summed E-state index contributed by atoms with van der Waals surface area (Å²) >= 11 is 0. The van der Waals surface area contributed by atoms with E-state index < -0.39 is 0 Å². The van der Waals surface area contributed by atoms with Gasteiger partial charge in [0, 0.05) is 107 Å². The van der Waals surface area contributed by atoms with Gasteiger partial charge < -0.3 is 0 Å². The second kappa shape index (κ2) is 25.8. The zero-order chi connectivity index (χ0) is 0. The van der Waals surface area contributed by atoms with E-state index in [1.165, 1.54) is 0 Å². The summed E-state index contributed by atoms with van der Waals surface area (Å²) in [4.78, 5) is 0. The molecule has 0 unspecified atom stereocenters. The Morgan fingerprint density at radius 1 is 0.400 bits per heavy atom. The van der Waals surface area contributed by atoms with Crippen molar-refractivity contribution in [2.24, 2.45) is 0 Å². The third-order valence-corrected chi connectivity index (χ3v) is 0. The smallest absolute Gasteiger partial charge is 0 e. The molecule has 0 aromatic heterocycles. The molecular formula is Ir2Ta3. The first-order valence-electron chi connectivity index (χ1n) is 0. The first-order chi connectivity index (χ1) is 0. The molecule has 0 nitrogen and oxygen atoms in total. The van der Waals surface area contributed by atoms with E-state index in [0.29, 0.717) is 0 Å². The quantitative estimate of drug-likeness (QED) is 0.322. The Labute approximate surface area is 105 Å². The zero-order valence-corrected chi connectivity index (χ0v) is 16.4. The van der Waals surface area contributed by atoms with E-state index in [0.717, 1.165) is 0 Å².